The first-order valence-corrected chi connectivity index (χ1v) is 3.75. The predicted molar refractivity (Wildman–Crippen MR) is 44.7 cm³/mol. The molecule has 1 rings (SSSR count). The number of benzene rings is 1. The molecule has 0 unspecified atom stereocenters. The second-order valence-corrected chi connectivity index (χ2v) is 2.66. The van der Waals surface area contributed by atoms with Crippen LogP contribution < -0.4 is 5.11 Å². The largest absolute Gasteiger partial charge is 0.545 e. The van der Waals surface area contributed by atoms with Gasteiger partial charge in [-0.3, -0.25) is 0 Å². The Kier molecular flexibility index (Phi) is 2.70. The van der Waals surface area contributed by atoms with Gasteiger partial charge < -0.3 is 20.1 Å². The van der Waals surface area contributed by atoms with E-state index in [4.69, 9.17) is 10.2 Å². The maximum atomic E-state index is 10.6. The number of hydrogen-bond acceptors (Lipinski definition) is 4. The van der Waals surface area contributed by atoms with Crippen LogP contribution in [0.3, 0.4) is 0 Å². The molecule has 0 spiro atoms. The van der Waals surface area contributed by atoms with E-state index in [1.54, 1.807) is 0 Å². The number of rotatable bonds is 3. The van der Waals surface area contributed by atoms with E-state index in [-0.39, 0.29) is 5.56 Å². The van der Waals surface area contributed by atoms with Crippen LogP contribution >= 0.6 is 0 Å². The summed E-state index contributed by atoms with van der Waals surface area (Å²) in [5, 5.41) is 27.7. The van der Waals surface area contributed by atoms with Crippen LogP contribution in [0, 0.1) is 0 Å². The highest BCUT2D eigenvalue weighted by Crippen LogP contribution is 2.12. The normalized spacial score (nSPS) is 9.60. The van der Waals surface area contributed by atoms with Crippen molar-refractivity contribution < 1.29 is 29.7 Å². The Morgan fingerprint density at radius 3 is 1.93 bits per heavy atom. The Bertz CT molecular complexity index is 448. The highest BCUT2D eigenvalue weighted by atomic mass is 16.4. The lowest BCUT2D eigenvalue weighted by Crippen LogP contribution is -2.23. The molecular formula is C9H5O6-. The third-order valence-corrected chi connectivity index (χ3v) is 1.72. The second-order valence-electron chi connectivity index (χ2n) is 2.66. The van der Waals surface area contributed by atoms with Crippen molar-refractivity contribution in [3.63, 3.8) is 0 Å². The van der Waals surface area contributed by atoms with Crippen LogP contribution in [0.25, 0.3) is 0 Å². The molecule has 6 nitrogen and oxygen atoms in total. The van der Waals surface area contributed by atoms with E-state index in [0.29, 0.717) is 0 Å². The number of carboxylic acid groups (broad SMARTS) is 3. The van der Waals surface area contributed by atoms with Gasteiger partial charge in [0.2, 0.25) is 0 Å². The standard InChI is InChI=1S/C9H6O6/c10-7(11)4-1-2-5(8(12)13)6(3-4)9(14)15/h1-3H,(H,10,11)(H,12,13)(H,14,15)/p-1. The quantitative estimate of drug-likeness (QED) is 0.689. The molecule has 15 heavy (non-hydrogen) atoms. The predicted octanol–water partition coefficient (Wildman–Crippen LogP) is -0.554. The fraction of sp³-hybridized carbons (Fsp3) is 0. The number of hydrogen-bond donors (Lipinski definition) is 2. The zero-order chi connectivity index (χ0) is 11.6. The molecule has 1 aromatic rings. The average Bonchev–Trinajstić information content (AvgIpc) is 2.16. The summed E-state index contributed by atoms with van der Waals surface area (Å²) in [6, 6.07) is 2.64. The van der Waals surface area contributed by atoms with E-state index in [0.717, 1.165) is 18.2 Å². The van der Waals surface area contributed by atoms with Crippen molar-refractivity contribution in [1.82, 2.24) is 0 Å². The number of aromatic carboxylic acids is 3. The van der Waals surface area contributed by atoms with Crippen molar-refractivity contribution in [2.75, 3.05) is 0 Å². The Labute approximate surface area is 83.4 Å². The lowest BCUT2D eigenvalue weighted by Gasteiger charge is -2.05. The molecule has 2 N–H and O–H groups in total. The summed E-state index contributed by atoms with van der Waals surface area (Å²) in [5.74, 6) is -4.50. The van der Waals surface area contributed by atoms with Gasteiger partial charge in [0, 0.05) is 0 Å². The van der Waals surface area contributed by atoms with E-state index in [2.05, 4.69) is 0 Å². The van der Waals surface area contributed by atoms with Gasteiger partial charge in [0.15, 0.2) is 0 Å². The van der Waals surface area contributed by atoms with Gasteiger partial charge in [0.05, 0.1) is 17.1 Å². The first-order chi connectivity index (χ1) is 6.93. The summed E-state index contributed by atoms with van der Waals surface area (Å²) >= 11 is 0. The zero-order valence-electron chi connectivity index (χ0n) is 7.26. The molecule has 0 aliphatic rings. The Balaban J connectivity index is 3.40. The van der Waals surface area contributed by atoms with Crippen LogP contribution in [0.4, 0.5) is 0 Å². The Hall–Kier alpha value is -2.37. The highest BCUT2D eigenvalue weighted by molar-refractivity contribution is 6.03. The molecule has 0 saturated heterocycles. The van der Waals surface area contributed by atoms with Gasteiger partial charge in [0.25, 0.3) is 0 Å². The van der Waals surface area contributed by atoms with Gasteiger partial charge in [-0.15, -0.1) is 0 Å². The maximum absolute atomic E-state index is 10.6. The first kappa shape index (κ1) is 10.7. The fourth-order valence-corrected chi connectivity index (χ4v) is 1.03. The lowest BCUT2D eigenvalue weighted by molar-refractivity contribution is -0.255. The van der Waals surface area contributed by atoms with Gasteiger partial charge in [-0.05, 0) is 17.7 Å². The smallest absolute Gasteiger partial charge is 0.336 e. The van der Waals surface area contributed by atoms with E-state index >= 15 is 0 Å². The molecule has 0 saturated carbocycles. The summed E-state index contributed by atoms with van der Waals surface area (Å²) in [4.78, 5) is 31.6. The maximum Gasteiger partial charge on any atom is 0.336 e. The number of carbonyl (C=O) groups is 3. The van der Waals surface area contributed by atoms with Gasteiger partial charge >= 0.3 is 11.9 Å². The third-order valence-electron chi connectivity index (χ3n) is 1.72. The van der Waals surface area contributed by atoms with Gasteiger partial charge in [-0.1, -0.05) is 6.07 Å². The molecule has 0 amide bonds. The van der Waals surface area contributed by atoms with E-state index < -0.39 is 29.0 Å². The van der Waals surface area contributed by atoms with Crippen LogP contribution in [0.1, 0.15) is 31.1 Å². The molecule has 0 aliphatic heterocycles. The molecule has 78 valence electrons. The summed E-state index contributed by atoms with van der Waals surface area (Å²) in [6.07, 6.45) is 0. The molecule has 0 aliphatic carbocycles. The van der Waals surface area contributed by atoms with E-state index in [1.165, 1.54) is 0 Å². The first-order valence-electron chi connectivity index (χ1n) is 3.75. The van der Waals surface area contributed by atoms with Crippen molar-refractivity contribution in [3.05, 3.63) is 34.9 Å². The zero-order valence-corrected chi connectivity index (χ0v) is 7.26. The summed E-state index contributed by atoms with van der Waals surface area (Å²) < 4.78 is 0. The SMILES string of the molecule is O=C([O-])c1ccc(C(=O)O)c(C(=O)O)c1. The molecule has 0 bridgehead atoms. The molecule has 1 aromatic carbocycles. The number of carbonyl (C=O) groups excluding carboxylic acids is 1. The average molecular weight is 209 g/mol. The molecule has 0 radical (unpaired) electrons. The van der Waals surface area contributed by atoms with Gasteiger partial charge in [-0.25, -0.2) is 9.59 Å². The monoisotopic (exact) mass is 209 g/mol. The second kappa shape index (κ2) is 3.79. The number of carboxylic acids is 3. The fourth-order valence-electron chi connectivity index (χ4n) is 1.03. The van der Waals surface area contributed by atoms with Crippen molar-refractivity contribution in [2.24, 2.45) is 0 Å². The van der Waals surface area contributed by atoms with Crippen molar-refractivity contribution in [2.45, 2.75) is 0 Å². The molecule has 0 aromatic heterocycles. The lowest BCUT2D eigenvalue weighted by atomic mass is 10.0. The summed E-state index contributed by atoms with van der Waals surface area (Å²) in [5.41, 5.74) is -1.42. The molecular weight excluding hydrogens is 204 g/mol. The van der Waals surface area contributed by atoms with Crippen LogP contribution in [0.5, 0.6) is 0 Å². The topological polar surface area (TPSA) is 115 Å². The third kappa shape index (κ3) is 2.11. The van der Waals surface area contributed by atoms with Crippen LogP contribution in [-0.2, 0) is 0 Å². The molecule has 0 atom stereocenters. The Morgan fingerprint density at radius 2 is 1.53 bits per heavy atom. The summed E-state index contributed by atoms with van der Waals surface area (Å²) in [7, 11) is 0. The minimum Gasteiger partial charge on any atom is -0.545 e. The molecule has 6 heteroatoms. The van der Waals surface area contributed by atoms with Crippen LogP contribution in [0.2, 0.25) is 0 Å². The minimum atomic E-state index is -1.56. The van der Waals surface area contributed by atoms with E-state index in [1.807, 2.05) is 0 Å². The van der Waals surface area contributed by atoms with Gasteiger partial charge in [-0.2, -0.15) is 0 Å². The van der Waals surface area contributed by atoms with Crippen molar-refractivity contribution >= 4 is 17.9 Å². The highest BCUT2D eigenvalue weighted by Gasteiger charge is 2.16. The molecule has 0 fully saturated rings. The Morgan fingerprint density at radius 1 is 1.00 bits per heavy atom. The van der Waals surface area contributed by atoms with Crippen LogP contribution in [0.15, 0.2) is 18.2 Å². The van der Waals surface area contributed by atoms with Crippen LogP contribution in [-0.4, -0.2) is 28.1 Å². The van der Waals surface area contributed by atoms with Crippen molar-refractivity contribution in [3.8, 4) is 0 Å². The van der Waals surface area contributed by atoms with Gasteiger partial charge in [0.1, 0.15) is 0 Å². The summed E-state index contributed by atoms with van der Waals surface area (Å²) in [6.45, 7) is 0. The minimum absolute atomic E-state index is 0.377. The van der Waals surface area contributed by atoms with Crippen molar-refractivity contribution in [1.29, 1.82) is 0 Å². The van der Waals surface area contributed by atoms with E-state index in [9.17, 15) is 19.5 Å². The molecule has 0 heterocycles.